The molecule has 0 unspecified atom stereocenters. The van der Waals surface area contributed by atoms with Crippen molar-refractivity contribution in [3.05, 3.63) is 24.3 Å². The van der Waals surface area contributed by atoms with Gasteiger partial charge in [0.05, 0.1) is 25.4 Å². The van der Waals surface area contributed by atoms with Crippen molar-refractivity contribution >= 4 is 5.69 Å². The minimum atomic E-state index is -0.354. The van der Waals surface area contributed by atoms with Crippen molar-refractivity contribution in [1.29, 1.82) is 5.26 Å². The van der Waals surface area contributed by atoms with E-state index in [-0.39, 0.29) is 11.5 Å². The van der Waals surface area contributed by atoms with E-state index in [4.69, 9.17) is 14.7 Å². The van der Waals surface area contributed by atoms with Gasteiger partial charge in [-0.05, 0) is 38.1 Å². The van der Waals surface area contributed by atoms with E-state index in [1.54, 1.807) is 0 Å². The maximum atomic E-state index is 9.07. The van der Waals surface area contributed by atoms with Gasteiger partial charge in [-0.1, -0.05) is 0 Å². The van der Waals surface area contributed by atoms with Gasteiger partial charge in [0.2, 0.25) is 0 Å². The van der Waals surface area contributed by atoms with E-state index in [0.29, 0.717) is 19.8 Å². The van der Waals surface area contributed by atoms with Crippen molar-refractivity contribution in [2.45, 2.75) is 20.0 Å². The quantitative estimate of drug-likeness (QED) is 0.867. The van der Waals surface area contributed by atoms with Crippen LogP contribution in [0.2, 0.25) is 0 Å². The molecule has 1 aromatic rings. The molecule has 0 atom stereocenters. The van der Waals surface area contributed by atoms with Gasteiger partial charge in [0.25, 0.3) is 0 Å². The molecule has 4 heteroatoms. The molecule has 0 radical (unpaired) electrons. The predicted molar refractivity (Wildman–Crippen MR) is 69.6 cm³/mol. The summed E-state index contributed by atoms with van der Waals surface area (Å²) in [5, 5.41) is 12.3. The van der Waals surface area contributed by atoms with Gasteiger partial charge >= 0.3 is 0 Å². The number of nitriles is 1. The van der Waals surface area contributed by atoms with Gasteiger partial charge in [-0.2, -0.15) is 5.26 Å². The highest BCUT2D eigenvalue weighted by Gasteiger charge is 2.38. The smallest absolute Gasteiger partial charge is 0.121 e. The first-order valence-corrected chi connectivity index (χ1v) is 6.13. The summed E-state index contributed by atoms with van der Waals surface area (Å²) in [6.07, 6.45) is 0.179. The zero-order valence-electron chi connectivity index (χ0n) is 10.8. The molecule has 1 aromatic carbocycles. The monoisotopic (exact) mass is 246 g/mol. The van der Waals surface area contributed by atoms with Gasteiger partial charge in [-0.15, -0.1) is 0 Å². The Balaban J connectivity index is 1.89. The van der Waals surface area contributed by atoms with Crippen LogP contribution in [-0.2, 0) is 4.74 Å². The molecule has 1 aliphatic heterocycles. The number of rotatable bonds is 5. The third kappa shape index (κ3) is 2.93. The average Bonchev–Trinajstić information content (AvgIpc) is 2.30. The van der Waals surface area contributed by atoms with Gasteiger partial charge in [0.15, 0.2) is 0 Å². The summed E-state index contributed by atoms with van der Waals surface area (Å²) < 4.78 is 10.7. The van der Waals surface area contributed by atoms with Gasteiger partial charge in [0.1, 0.15) is 11.2 Å². The molecule has 0 amide bonds. The highest BCUT2D eigenvalue weighted by atomic mass is 16.5. The lowest BCUT2D eigenvalue weighted by Gasteiger charge is -2.35. The van der Waals surface area contributed by atoms with Crippen molar-refractivity contribution in [2.24, 2.45) is 5.41 Å². The molecule has 18 heavy (non-hydrogen) atoms. The minimum Gasteiger partial charge on any atom is -0.491 e. The largest absolute Gasteiger partial charge is 0.491 e. The number of nitrogens with zero attached hydrogens (tertiary/aromatic N) is 1. The summed E-state index contributed by atoms with van der Waals surface area (Å²) in [6, 6.07) is 10.1. The third-order valence-electron chi connectivity index (χ3n) is 2.85. The maximum Gasteiger partial charge on any atom is 0.121 e. The van der Waals surface area contributed by atoms with Crippen molar-refractivity contribution in [3.63, 3.8) is 0 Å². The maximum absolute atomic E-state index is 9.07. The fraction of sp³-hybridized carbons (Fsp3) is 0.500. The van der Waals surface area contributed by atoms with E-state index >= 15 is 0 Å². The van der Waals surface area contributed by atoms with Crippen LogP contribution < -0.4 is 10.1 Å². The SMILES string of the molecule is CC(C)Oc1ccc(NCC2(C#N)COC2)cc1. The molecule has 0 bridgehead atoms. The molecule has 4 nitrogen and oxygen atoms in total. The molecular formula is C14H18N2O2. The highest BCUT2D eigenvalue weighted by Crippen LogP contribution is 2.27. The van der Waals surface area contributed by atoms with Crippen molar-refractivity contribution < 1.29 is 9.47 Å². The summed E-state index contributed by atoms with van der Waals surface area (Å²) in [5.41, 5.74) is 0.639. The lowest BCUT2D eigenvalue weighted by Crippen LogP contribution is -2.46. The third-order valence-corrected chi connectivity index (χ3v) is 2.85. The second-order valence-electron chi connectivity index (χ2n) is 4.93. The summed E-state index contributed by atoms with van der Waals surface area (Å²) in [5.74, 6) is 0.859. The first kappa shape index (κ1) is 12.7. The van der Waals surface area contributed by atoms with Crippen LogP contribution in [0.4, 0.5) is 5.69 Å². The zero-order valence-corrected chi connectivity index (χ0v) is 10.8. The van der Waals surface area contributed by atoms with E-state index in [1.165, 1.54) is 0 Å². The van der Waals surface area contributed by atoms with Gasteiger partial charge in [-0.3, -0.25) is 0 Å². The lowest BCUT2D eigenvalue weighted by atomic mass is 9.88. The Kier molecular flexibility index (Phi) is 3.73. The van der Waals surface area contributed by atoms with E-state index in [0.717, 1.165) is 11.4 Å². The van der Waals surface area contributed by atoms with Crippen LogP contribution in [0.15, 0.2) is 24.3 Å². The highest BCUT2D eigenvalue weighted by molar-refractivity contribution is 5.46. The molecule has 1 saturated heterocycles. The molecule has 0 saturated carbocycles. The van der Waals surface area contributed by atoms with Crippen LogP contribution in [0.1, 0.15) is 13.8 Å². The standard InChI is InChI=1S/C14H18N2O2/c1-11(2)18-13-5-3-12(4-6-13)16-8-14(7-15)9-17-10-14/h3-6,11,16H,8-10H2,1-2H3. The van der Waals surface area contributed by atoms with Crippen LogP contribution in [0.5, 0.6) is 5.75 Å². The molecule has 1 fully saturated rings. The molecule has 1 N–H and O–H groups in total. The van der Waals surface area contributed by atoms with Crippen LogP contribution in [0.3, 0.4) is 0 Å². The van der Waals surface area contributed by atoms with Gasteiger partial charge < -0.3 is 14.8 Å². The number of benzene rings is 1. The Labute approximate surface area is 108 Å². The molecule has 0 spiro atoms. The fourth-order valence-corrected chi connectivity index (χ4v) is 1.75. The fourth-order valence-electron chi connectivity index (χ4n) is 1.75. The first-order chi connectivity index (χ1) is 8.63. The molecule has 1 heterocycles. The molecular weight excluding hydrogens is 228 g/mol. The zero-order chi connectivity index (χ0) is 13.0. The Morgan fingerprint density at radius 1 is 1.39 bits per heavy atom. The van der Waals surface area contributed by atoms with E-state index in [9.17, 15) is 0 Å². The summed E-state index contributed by atoms with van der Waals surface area (Å²) in [6.45, 7) is 5.66. The Morgan fingerprint density at radius 2 is 2.06 bits per heavy atom. The Morgan fingerprint density at radius 3 is 2.50 bits per heavy atom. The van der Waals surface area contributed by atoms with Crippen LogP contribution in [0.25, 0.3) is 0 Å². The number of nitrogens with one attached hydrogen (secondary N) is 1. The number of hydrogen-bond acceptors (Lipinski definition) is 4. The van der Waals surface area contributed by atoms with Crippen LogP contribution in [-0.4, -0.2) is 25.9 Å². The van der Waals surface area contributed by atoms with Crippen molar-refractivity contribution in [1.82, 2.24) is 0 Å². The van der Waals surface area contributed by atoms with E-state index < -0.39 is 0 Å². The van der Waals surface area contributed by atoms with Crippen LogP contribution in [0, 0.1) is 16.7 Å². The lowest BCUT2D eigenvalue weighted by molar-refractivity contribution is -0.0690. The van der Waals surface area contributed by atoms with Crippen LogP contribution >= 0.6 is 0 Å². The number of hydrogen-bond donors (Lipinski definition) is 1. The molecule has 2 rings (SSSR count). The second kappa shape index (κ2) is 5.28. The van der Waals surface area contributed by atoms with Gasteiger partial charge in [0, 0.05) is 12.2 Å². The van der Waals surface area contributed by atoms with Crippen molar-refractivity contribution in [2.75, 3.05) is 25.1 Å². The molecule has 96 valence electrons. The molecule has 0 aromatic heterocycles. The summed E-state index contributed by atoms with van der Waals surface area (Å²) in [7, 11) is 0. The first-order valence-electron chi connectivity index (χ1n) is 6.13. The topological polar surface area (TPSA) is 54.3 Å². The number of ether oxygens (including phenoxy) is 2. The summed E-state index contributed by atoms with van der Waals surface area (Å²) >= 11 is 0. The predicted octanol–water partition coefficient (Wildman–Crippen LogP) is 2.43. The normalized spacial score (nSPS) is 16.8. The van der Waals surface area contributed by atoms with Crippen molar-refractivity contribution in [3.8, 4) is 11.8 Å². The molecule has 1 aliphatic rings. The average molecular weight is 246 g/mol. The second-order valence-corrected chi connectivity index (χ2v) is 4.93. The molecule has 0 aliphatic carbocycles. The Hall–Kier alpha value is -1.73. The summed E-state index contributed by atoms with van der Waals surface area (Å²) in [4.78, 5) is 0. The minimum absolute atomic E-state index is 0.179. The van der Waals surface area contributed by atoms with Gasteiger partial charge in [-0.25, -0.2) is 0 Å². The number of anilines is 1. The Bertz CT molecular complexity index is 430. The van der Waals surface area contributed by atoms with E-state index in [1.807, 2.05) is 38.1 Å². The van der Waals surface area contributed by atoms with E-state index in [2.05, 4.69) is 11.4 Å².